The average molecular weight is 659 g/mol. The minimum Gasteiger partial charge on any atom is -0.493 e. The quantitative estimate of drug-likeness (QED) is 0.138. The van der Waals surface area contributed by atoms with E-state index in [1.54, 1.807) is 24.3 Å². The van der Waals surface area contributed by atoms with Crippen molar-refractivity contribution in [3.05, 3.63) is 79.6 Å². The molecule has 3 aromatic rings. The fourth-order valence-electron chi connectivity index (χ4n) is 2.82. The number of nitrogens with one attached hydrogen (secondary N) is 3. The van der Waals surface area contributed by atoms with E-state index in [-0.39, 0.29) is 12.3 Å². The van der Waals surface area contributed by atoms with Gasteiger partial charge < -0.3 is 20.1 Å². The Kier molecular flexibility index (Phi) is 10.1. The zero-order valence-corrected chi connectivity index (χ0v) is 22.7. The maximum Gasteiger partial charge on any atom is 0.329 e. The highest BCUT2D eigenvalue weighted by Crippen LogP contribution is 2.33. The number of methoxy groups -OCH3 is 1. The van der Waals surface area contributed by atoms with Crippen molar-refractivity contribution in [3.63, 3.8) is 0 Å². The number of benzene rings is 3. The molecule has 3 amide bonds. The van der Waals surface area contributed by atoms with E-state index in [1.165, 1.54) is 37.6 Å². The van der Waals surface area contributed by atoms with Crippen molar-refractivity contribution in [2.45, 2.75) is 0 Å². The summed E-state index contributed by atoms with van der Waals surface area (Å²) in [6.45, 7) is -0.312. The fourth-order valence-corrected chi connectivity index (χ4v) is 3.90. The van der Waals surface area contributed by atoms with E-state index in [1.807, 2.05) is 22.6 Å². The summed E-state index contributed by atoms with van der Waals surface area (Å²) in [5, 5.41) is 9.21. The van der Waals surface area contributed by atoms with Gasteiger partial charge in [0.2, 0.25) is 0 Å². The Morgan fingerprint density at radius 1 is 1.03 bits per heavy atom. The van der Waals surface area contributed by atoms with Crippen molar-refractivity contribution in [3.8, 4) is 11.5 Å². The molecule has 0 unspecified atom stereocenters. The van der Waals surface area contributed by atoms with Crippen molar-refractivity contribution < 1.29 is 28.2 Å². The van der Waals surface area contributed by atoms with E-state index in [0.717, 1.165) is 6.07 Å². The van der Waals surface area contributed by atoms with E-state index in [9.17, 15) is 18.8 Å². The number of carbonyl (C=O) groups is 3. The number of anilines is 2. The average Bonchev–Trinajstić information content (AvgIpc) is 2.86. The third kappa shape index (κ3) is 8.03. The highest BCUT2D eigenvalue weighted by molar-refractivity contribution is 14.1. The molecule has 0 aliphatic carbocycles. The van der Waals surface area contributed by atoms with Gasteiger partial charge in [0.15, 0.2) is 18.1 Å². The summed E-state index contributed by atoms with van der Waals surface area (Å²) in [7, 11) is 1.42. The van der Waals surface area contributed by atoms with Crippen LogP contribution in [0.15, 0.2) is 59.7 Å². The third-order valence-corrected chi connectivity index (χ3v) is 6.05. The van der Waals surface area contributed by atoms with Gasteiger partial charge in [-0.2, -0.15) is 5.10 Å². The van der Waals surface area contributed by atoms with Gasteiger partial charge in [-0.1, -0.05) is 35.3 Å². The summed E-state index contributed by atoms with van der Waals surface area (Å²) in [5.41, 5.74) is 2.89. The molecule has 0 aliphatic rings. The molecule has 3 rings (SSSR count). The first-order valence-electron chi connectivity index (χ1n) is 10.3. The number of halogens is 4. The monoisotopic (exact) mass is 658 g/mol. The number of nitrogens with zero attached hydrogens (tertiary/aromatic N) is 1. The van der Waals surface area contributed by atoms with Gasteiger partial charge in [-0.25, -0.2) is 9.82 Å². The molecule has 0 saturated carbocycles. The van der Waals surface area contributed by atoms with Crippen LogP contribution in [-0.4, -0.2) is 37.7 Å². The Bertz CT molecular complexity index is 1370. The molecule has 9 nitrogen and oxygen atoms in total. The van der Waals surface area contributed by atoms with Crippen molar-refractivity contribution in [1.82, 2.24) is 5.43 Å². The summed E-state index contributed by atoms with van der Waals surface area (Å²) in [4.78, 5) is 36.2. The number of hydrogen-bond acceptors (Lipinski definition) is 6. The number of rotatable bonds is 8. The zero-order valence-electron chi connectivity index (χ0n) is 19.0. The van der Waals surface area contributed by atoms with Gasteiger partial charge in [0, 0.05) is 5.69 Å². The Morgan fingerprint density at radius 3 is 2.49 bits per heavy atom. The van der Waals surface area contributed by atoms with E-state index >= 15 is 0 Å². The van der Waals surface area contributed by atoms with Crippen LogP contribution in [-0.2, 0) is 14.4 Å². The van der Waals surface area contributed by atoms with E-state index in [2.05, 4.69) is 21.2 Å². The van der Waals surface area contributed by atoms with Crippen LogP contribution in [0, 0.1) is 9.39 Å². The minimum atomic E-state index is -1.09. The molecule has 192 valence electrons. The number of hydrogen-bond donors (Lipinski definition) is 3. The largest absolute Gasteiger partial charge is 0.493 e. The van der Waals surface area contributed by atoms with E-state index < -0.39 is 23.5 Å². The Hall–Kier alpha value is -3.42. The van der Waals surface area contributed by atoms with Crippen LogP contribution in [0.5, 0.6) is 11.5 Å². The lowest BCUT2D eigenvalue weighted by Crippen LogP contribution is -2.32. The second-order valence-electron chi connectivity index (χ2n) is 7.13. The van der Waals surface area contributed by atoms with Gasteiger partial charge in [0.1, 0.15) is 5.82 Å². The molecule has 0 radical (unpaired) electrons. The molecular formula is C24H18Cl2FIN4O5. The predicted octanol–water partition coefficient (Wildman–Crippen LogP) is 4.85. The summed E-state index contributed by atoms with van der Waals surface area (Å²) in [6.07, 6.45) is 1.28. The van der Waals surface area contributed by atoms with Gasteiger partial charge in [0.25, 0.3) is 5.91 Å². The molecule has 0 saturated heterocycles. The molecule has 3 aromatic carbocycles. The third-order valence-electron chi connectivity index (χ3n) is 4.51. The van der Waals surface area contributed by atoms with E-state index in [0.29, 0.717) is 36.4 Å². The summed E-state index contributed by atoms with van der Waals surface area (Å²) < 4.78 is 25.2. The normalized spacial score (nSPS) is 10.6. The highest BCUT2D eigenvalue weighted by atomic mass is 127. The lowest BCUT2D eigenvalue weighted by molar-refractivity contribution is -0.136. The summed E-state index contributed by atoms with van der Waals surface area (Å²) >= 11 is 13.8. The number of para-hydroxylation sites is 1. The number of ether oxygens (including phenoxy) is 2. The SMILES string of the molecule is COc1cc(/C=N\NC(=O)C(=O)Nc2ccccc2F)cc(I)c1OCC(=O)Nc1ccc(Cl)c(Cl)c1. The molecule has 0 aliphatic heterocycles. The minimum absolute atomic E-state index is 0.132. The van der Waals surface area contributed by atoms with E-state index in [4.69, 9.17) is 32.7 Å². The lowest BCUT2D eigenvalue weighted by atomic mass is 10.2. The second kappa shape index (κ2) is 13.2. The van der Waals surface area contributed by atoms with Crippen LogP contribution in [0.4, 0.5) is 15.8 Å². The highest BCUT2D eigenvalue weighted by Gasteiger charge is 2.16. The molecule has 0 heterocycles. The number of carbonyl (C=O) groups excluding carboxylic acids is 3. The predicted molar refractivity (Wildman–Crippen MR) is 147 cm³/mol. The van der Waals surface area contributed by atoms with Crippen molar-refractivity contribution in [2.24, 2.45) is 5.10 Å². The maximum absolute atomic E-state index is 13.6. The van der Waals surface area contributed by atoms with Crippen LogP contribution in [0.3, 0.4) is 0 Å². The van der Waals surface area contributed by atoms with Gasteiger partial charge in [-0.05, 0) is 70.6 Å². The van der Waals surface area contributed by atoms with Crippen molar-refractivity contribution in [2.75, 3.05) is 24.4 Å². The smallest absolute Gasteiger partial charge is 0.329 e. The molecule has 13 heteroatoms. The first-order chi connectivity index (χ1) is 17.7. The van der Waals surface area contributed by atoms with Crippen LogP contribution in [0.2, 0.25) is 10.0 Å². The first-order valence-corrected chi connectivity index (χ1v) is 12.2. The van der Waals surface area contributed by atoms with Gasteiger partial charge in [-0.3, -0.25) is 14.4 Å². The van der Waals surface area contributed by atoms with Crippen LogP contribution in [0.25, 0.3) is 0 Å². The topological polar surface area (TPSA) is 118 Å². The van der Waals surface area contributed by atoms with Gasteiger partial charge in [-0.15, -0.1) is 0 Å². The molecule has 0 aromatic heterocycles. The number of amides is 3. The molecule has 0 bridgehead atoms. The molecule has 0 fully saturated rings. The van der Waals surface area contributed by atoms with Gasteiger partial charge >= 0.3 is 11.8 Å². The Labute approximate surface area is 234 Å². The molecular weight excluding hydrogens is 641 g/mol. The zero-order chi connectivity index (χ0) is 26.9. The van der Waals surface area contributed by atoms with Crippen molar-refractivity contribution in [1.29, 1.82) is 0 Å². The molecule has 0 spiro atoms. The molecule has 37 heavy (non-hydrogen) atoms. The fraction of sp³-hybridized carbons (Fsp3) is 0.0833. The summed E-state index contributed by atoms with van der Waals surface area (Å²) in [5.74, 6) is -2.66. The summed E-state index contributed by atoms with van der Waals surface area (Å²) in [6, 6.07) is 13.3. The van der Waals surface area contributed by atoms with Crippen LogP contribution >= 0.6 is 45.8 Å². The molecule has 0 atom stereocenters. The van der Waals surface area contributed by atoms with Crippen LogP contribution < -0.4 is 25.5 Å². The number of hydrazone groups is 1. The Morgan fingerprint density at radius 2 is 1.78 bits per heavy atom. The van der Waals surface area contributed by atoms with Crippen molar-refractivity contribution >= 4 is 81.1 Å². The standard InChI is InChI=1S/C24H18Cl2FIN4O5/c1-36-20-9-13(11-29-32-24(35)23(34)31-19-5-3-2-4-17(19)27)8-18(28)22(20)37-12-21(33)30-14-6-7-15(25)16(26)10-14/h2-11H,12H2,1H3,(H,30,33)(H,31,34)(H,32,35)/b29-11-. The van der Waals surface area contributed by atoms with Crippen LogP contribution in [0.1, 0.15) is 5.56 Å². The maximum atomic E-state index is 13.6. The van der Waals surface area contributed by atoms with Gasteiger partial charge in [0.05, 0.1) is 32.6 Å². The first kappa shape index (κ1) is 28.2. The second-order valence-corrected chi connectivity index (χ2v) is 9.11. The molecule has 3 N–H and O–H groups in total. The Balaban J connectivity index is 1.59. The lowest BCUT2D eigenvalue weighted by Gasteiger charge is -2.13.